The highest BCUT2D eigenvalue weighted by Gasteiger charge is 2.65. The number of aliphatic hydroxyl groups excluding tert-OH is 3. The second-order valence-corrected chi connectivity index (χ2v) is 5.35. The highest BCUT2D eigenvalue weighted by molar-refractivity contribution is 6.25. The van der Waals surface area contributed by atoms with E-state index in [-0.39, 0.29) is 0 Å². The van der Waals surface area contributed by atoms with Crippen molar-refractivity contribution in [3.05, 3.63) is 50.6 Å². The zero-order valence-electron chi connectivity index (χ0n) is 13.8. The van der Waals surface area contributed by atoms with Gasteiger partial charge >= 0.3 is 0 Å². The summed E-state index contributed by atoms with van der Waals surface area (Å²) in [6.07, 6.45) is 2.81. The van der Waals surface area contributed by atoms with Crippen molar-refractivity contribution in [1.29, 1.82) is 0 Å². The molecule has 136 valence electrons. The molecule has 0 rings (SSSR count). The predicted molar refractivity (Wildman–Crippen MR) is 90.4 cm³/mol. The van der Waals surface area contributed by atoms with E-state index >= 15 is 0 Å². The molecule has 3 N–H and O–H groups in total. The number of aliphatic hydroxyl groups is 3. The van der Waals surface area contributed by atoms with E-state index in [1.165, 1.54) is 0 Å². The van der Waals surface area contributed by atoms with Crippen molar-refractivity contribution in [1.82, 2.24) is 0 Å². The van der Waals surface area contributed by atoms with Crippen LogP contribution in [0.25, 0.3) is 0 Å². The van der Waals surface area contributed by atoms with E-state index in [4.69, 9.17) is 0 Å². The average Bonchev–Trinajstić information content (AvgIpc) is 2.66. The van der Waals surface area contributed by atoms with Crippen LogP contribution >= 0.6 is 0 Å². The number of carbonyl (C=O) groups is 4. The van der Waals surface area contributed by atoms with Gasteiger partial charge in [-0.2, -0.15) is 0 Å². The first-order chi connectivity index (χ1) is 11.7. The molecule has 0 spiro atoms. The van der Waals surface area contributed by atoms with Crippen LogP contribution in [-0.4, -0.2) is 58.3 Å². The molecule has 0 atom stereocenters. The van der Waals surface area contributed by atoms with Crippen molar-refractivity contribution in [2.45, 2.75) is 0 Å². The van der Waals surface area contributed by atoms with Crippen molar-refractivity contribution >= 4 is 23.1 Å². The lowest BCUT2D eigenvalue weighted by molar-refractivity contribution is -0.171. The van der Waals surface area contributed by atoms with Crippen LogP contribution in [-0.2, 0) is 19.2 Å². The molecule has 0 aliphatic heterocycles. The lowest BCUT2D eigenvalue weighted by Gasteiger charge is -2.47. The molecule has 0 saturated carbocycles. The van der Waals surface area contributed by atoms with E-state index in [0.717, 1.165) is 12.2 Å². The quantitative estimate of drug-likeness (QED) is 0.304. The minimum Gasteiger partial charge on any atom is -0.396 e. The Bertz CT molecular complexity index is 563. The maximum atomic E-state index is 12.7. The van der Waals surface area contributed by atoms with Gasteiger partial charge in [0.05, 0.1) is 25.2 Å². The van der Waals surface area contributed by atoms with E-state index in [9.17, 15) is 34.5 Å². The SMILES string of the molecule is C=CC(=O)C(C(=O)C=C)C(C(=O)C=C)(C(=O)C=C)C(CO)(CO)CO. The number of ketones is 4. The molecule has 25 heavy (non-hydrogen) atoms. The summed E-state index contributed by atoms with van der Waals surface area (Å²) in [5.74, 6) is -6.31. The monoisotopic (exact) mass is 350 g/mol. The van der Waals surface area contributed by atoms with Crippen molar-refractivity contribution in [3.63, 3.8) is 0 Å². The van der Waals surface area contributed by atoms with Gasteiger partial charge in [-0.3, -0.25) is 19.2 Å². The first-order valence-corrected chi connectivity index (χ1v) is 7.23. The Morgan fingerprint density at radius 1 is 0.720 bits per heavy atom. The molecule has 0 radical (unpaired) electrons. The number of rotatable bonds is 13. The molecular formula is C18H22O7. The van der Waals surface area contributed by atoms with E-state index in [1.807, 2.05) is 0 Å². The van der Waals surface area contributed by atoms with E-state index in [2.05, 4.69) is 26.3 Å². The molecule has 0 saturated heterocycles. The highest BCUT2D eigenvalue weighted by atomic mass is 16.3. The fourth-order valence-electron chi connectivity index (χ4n) is 2.88. The third-order valence-corrected chi connectivity index (χ3v) is 4.30. The molecule has 0 aliphatic carbocycles. The molecule has 0 heterocycles. The summed E-state index contributed by atoms with van der Waals surface area (Å²) in [6.45, 7) is 9.77. The summed E-state index contributed by atoms with van der Waals surface area (Å²) >= 11 is 0. The highest BCUT2D eigenvalue weighted by Crippen LogP contribution is 2.48. The van der Waals surface area contributed by atoms with Crippen LogP contribution < -0.4 is 0 Å². The van der Waals surface area contributed by atoms with Gasteiger partial charge in [0.2, 0.25) is 0 Å². The summed E-state index contributed by atoms with van der Waals surface area (Å²) in [6, 6.07) is 0. The van der Waals surface area contributed by atoms with Gasteiger partial charge in [-0.15, -0.1) is 0 Å². The van der Waals surface area contributed by atoms with E-state index in [0.29, 0.717) is 12.2 Å². The summed E-state index contributed by atoms with van der Waals surface area (Å²) in [5, 5.41) is 29.4. The number of carbonyl (C=O) groups excluding carboxylic acids is 4. The third-order valence-electron chi connectivity index (χ3n) is 4.30. The molecule has 7 nitrogen and oxygen atoms in total. The van der Waals surface area contributed by atoms with Crippen molar-refractivity contribution in [2.75, 3.05) is 19.8 Å². The van der Waals surface area contributed by atoms with Crippen LogP contribution in [0.1, 0.15) is 0 Å². The average molecular weight is 350 g/mol. The van der Waals surface area contributed by atoms with Crippen molar-refractivity contribution < 1.29 is 34.5 Å². The Kier molecular flexibility index (Phi) is 8.22. The molecule has 0 unspecified atom stereocenters. The Labute approximate surface area is 145 Å². The summed E-state index contributed by atoms with van der Waals surface area (Å²) in [5.41, 5.74) is -4.91. The molecule has 7 heteroatoms. The summed E-state index contributed by atoms with van der Waals surface area (Å²) in [7, 11) is 0. The topological polar surface area (TPSA) is 129 Å². The molecular weight excluding hydrogens is 328 g/mol. The largest absolute Gasteiger partial charge is 0.396 e. The van der Waals surface area contributed by atoms with Gasteiger partial charge in [-0.25, -0.2) is 0 Å². The van der Waals surface area contributed by atoms with Crippen LogP contribution in [0.4, 0.5) is 0 Å². The second-order valence-electron chi connectivity index (χ2n) is 5.35. The number of hydrogen-bond acceptors (Lipinski definition) is 7. The lowest BCUT2D eigenvalue weighted by Crippen LogP contribution is -2.64. The second kappa shape index (κ2) is 9.12. The smallest absolute Gasteiger partial charge is 0.171 e. The van der Waals surface area contributed by atoms with Gasteiger partial charge in [-0.1, -0.05) is 26.3 Å². The molecule has 0 bridgehead atoms. The first-order valence-electron chi connectivity index (χ1n) is 7.23. The maximum absolute atomic E-state index is 12.7. The Morgan fingerprint density at radius 3 is 1.24 bits per heavy atom. The van der Waals surface area contributed by atoms with Gasteiger partial charge in [0.1, 0.15) is 11.3 Å². The van der Waals surface area contributed by atoms with E-state index < -0.39 is 59.7 Å². The van der Waals surface area contributed by atoms with E-state index in [1.54, 1.807) is 0 Å². The van der Waals surface area contributed by atoms with Gasteiger partial charge in [-0.05, 0) is 24.3 Å². The summed E-state index contributed by atoms with van der Waals surface area (Å²) < 4.78 is 0. The van der Waals surface area contributed by atoms with Crippen molar-refractivity contribution in [3.8, 4) is 0 Å². The summed E-state index contributed by atoms with van der Waals surface area (Å²) in [4.78, 5) is 50.3. The maximum Gasteiger partial charge on any atom is 0.171 e. The van der Waals surface area contributed by atoms with Gasteiger partial charge < -0.3 is 15.3 Å². The molecule has 0 aromatic heterocycles. The zero-order valence-corrected chi connectivity index (χ0v) is 13.8. The number of allylic oxidation sites excluding steroid dienone is 4. The minimum atomic E-state index is -2.66. The van der Waals surface area contributed by atoms with Gasteiger partial charge in [0.25, 0.3) is 0 Å². The Balaban J connectivity index is 7.39. The third kappa shape index (κ3) is 3.34. The number of hydrogen-bond donors (Lipinski definition) is 3. The predicted octanol–water partition coefficient (Wildman–Crippen LogP) is -0.427. The van der Waals surface area contributed by atoms with Crippen molar-refractivity contribution in [2.24, 2.45) is 16.7 Å². The molecule has 0 aromatic rings. The van der Waals surface area contributed by atoms with Crippen LogP contribution in [0.2, 0.25) is 0 Å². The van der Waals surface area contributed by atoms with Crippen LogP contribution in [0.15, 0.2) is 50.6 Å². The molecule has 0 amide bonds. The molecule has 0 aliphatic rings. The fourth-order valence-corrected chi connectivity index (χ4v) is 2.88. The minimum absolute atomic E-state index is 0.677. The lowest BCUT2D eigenvalue weighted by atomic mass is 9.51. The molecule has 0 fully saturated rings. The molecule has 0 aromatic carbocycles. The van der Waals surface area contributed by atoms with Crippen LogP contribution in [0, 0.1) is 16.7 Å². The zero-order chi connectivity index (χ0) is 19.8. The Morgan fingerprint density at radius 2 is 1.04 bits per heavy atom. The fraction of sp³-hybridized carbons (Fsp3) is 0.333. The van der Waals surface area contributed by atoms with Gasteiger partial charge in [0, 0.05) is 0 Å². The Hall–Kier alpha value is -2.48. The van der Waals surface area contributed by atoms with Gasteiger partial charge in [0.15, 0.2) is 23.1 Å². The van der Waals surface area contributed by atoms with Crippen LogP contribution in [0.3, 0.4) is 0 Å². The van der Waals surface area contributed by atoms with Crippen LogP contribution in [0.5, 0.6) is 0 Å². The normalized spacial score (nSPS) is 11.5. The first kappa shape index (κ1) is 22.5. The standard InChI is InChI=1S/C18H22O7/c1-5-12(22)16(13(23)6-2)18(14(24)7-3,15(25)8-4)17(9-19,10-20)11-21/h5-8,16,19-21H,1-4,9-11H2.